The van der Waals surface area contributed by atoms with Crippen molar-refractivity contribution in [2.75, 3.05) is 0 Å². The second-order valence-electron chi connectivity index (χ2n) is 4.81. The molecule has 26 heavy (non-hydrogen) atoms. The highest BCUT2D eigenvalue weighted by atomic mass is 19.4. The Morgan fingerprint density at radius 2 is 1.54 bits per heavy atom. The van der Waals surface area contributed by atoms with Crippen molar-refractivity contribution in [2.45, 2.75) is 6.18 Å². The first-order chi connectivity index (χ1) is 11.9. The fourth-order valence-corrected chi connectivity index (χ4v) is 1.90. The number of phenolic OH excluding ortho intramolecular Hbond substituents is 1. The van der Waals surface area contributed by atoms with Crippen LogP contribution in [0.15, 0.2) is 23.2 Å². The average molecular weight is 381 g/mol. The summed E-state index contributed by atoms with van der Waals surface area (Å²) in [4.78, 5) is 14.1. The van der Waals surface area contributed by atoms with Gasteiger partial charge >= 0.3 is 12.1 Å². The highest BCUT2D eigenvalue weighted by molar-refractivity contribution is 5.90. The van der Waals surface area contributed by atoms with E-state index in [9.17, 15) is 40.6 Å². The van der Waals surface area contributed by atoms with Gasteiger partial charge < -0.3 is 10.2 Å². The largest absolute Gasteiger partial charge is 0.506 e. The molecule has 11 heteroatoms. The number of carboxylic acids is 1. The Hall–Kier alpha value is -3.11. The van der Waals surface area contributed by atoms with Gasteiger partial charge in [0, 0.05) is 6.21 Å². The van der Waals surface area contributed by atoms with Gasteiger partial charge in [0.25, 0.3) is 0 Å². The van der Waals surface area contributed by atoms with E-state index in [1.807, 2.05) is 0 Å². The van der Waals surface area contributed by atoms with E-state index in [4.69, 9.17) is 5.11 Å². The van der Waals surface area contributed by atoms with Crippen LogP contribution < -0.4 is 0 Å². The Labute approximate surface area is 139 Å². The van der Waals surface area contributed by atoms with Crippen LogP contribution in [0.1, 0.15) is 21.5 Å². The lowest BCUT2D eigenvalue weighted by Crippen LogP contribution is -2.17. The summed E-state index contributed by atoms with van der Waals surface area (Å²) in [5, 5.41) is 18.3. The molecule has 0 saturated heterocycles. The van der Waals surface area contributed by atoms with Crippen molar-refractivity contribution in [1.82, 2.24) is 0 Å². The molecule has 0 heterocycles. The molecular formula is C15H6F7NO3. The smallest absolute Gasteiger partial charge is 0.422 e. The number of alkyl halides is 3. The molecule has 138 valence electrons. The topological polar surface area (TPSA) is 69.9 Å². The third-order valence-electron chi connectivity index (χ3n) is 3.14. The summed E-state index contributed by atoms with van der Waals surface area (Å²) in [5.41, 5.74) is -5.25. The lowest BCUT2D eigenvalue weighted by Gasteiger charge is -2.12. The quantitative estimate of drug-likeness (QED) is 0.470. The zero-order valence-electron chi connectivity index (χ0n) is 12.2. The van der Waals surface area contributed by atoms with E-state index < -0.39 is 58.0 Å². The number of hydrogen-bond acceptors (Lipinski definition) is 3. The van der Waals surface area contributed by atoms with E-state index >= 15 is 0 Å². The maximum Gasteiger partial charge on any atom is 0.422 e. The van der Waals surface area contributed by atoms with E-state index in [1.54, 1.807) is 0 Å². The van der Waals surface area contributed by atoms with Crippen LogP contribution in [-0.4, -0.2) is 22.4 Å². The monoisotopic (exact) mass is 381 g/mol. The number of carboxylic acid groups (broad SMARTS) is 1. The van der Waals surface area contributed by atoms with Gasteiger partial charge in [0.15, 0.2) is 23.3 Å². The zero-order valence-corrected chi connectivity index (χ0v) is 12.2. The van der Waals surface area contributed by atoms with Crippen molar-refractivity contribution >= 4 is 17.9 Å². The Balaban J connectivity index is 2.60. The Kier molecular flexibility index (Phi) is 4.92. The van der Waals surface area contributed by atoms with Crippen LogP contribution in [0.5, 0.6) is 5.75 Å². The maximum atomic E-state index is 13.7. The normalized spacial score (nSPS) is 12.0. The van der Waals surface area contributed by atoms with E-state index in [0.29, 0.717) is 0 Å². The van der Waals surface area contributed by atoms with Gasteiger partial charge in [0.2, 0.25) is 0 Å². The lowest BCUT2D eigenvalue weighted by molar-refractivity contribution is -0.143. The number of aromatic hydroxyl groups is 1. The third-order valence-corrected chi connectivity index (χ3v) is 3.14. The van der Waals surface area contributed by atoms with Crippen molar-refractivity contribution in [3.05, 3.63) is 58.2 Å². The molecular weight excluding hydrogens is 375 g/mol. The summed E-state index contributed by atoms with van der Waals surface area (Å²) in [6, 6.07) is 2.60. The number of aromatic carboxylic acids is 1. The van der Waals surface area contributed by atoms with Gasteiger partial charge in [-0.15, -0.1) is 0 Å². The van der Waals surface area contributed by atoms with Crippen LogP contribution in [0.25, 0.3) is 0 Å². The van der Waals surface area contributed by atoms with Gasteiger partial charge in [0.05, 0.1) is 11.1 Å². The molecule has 0 fully saturated rings. The number of hydrogen-bond donors (Lipinski definition) is 2. The molecule has 0 unspecified atom stereocenters. The van der Waals surface area contributed by atoms with Gasteiger partial charge in [-0.3, -0.25) is 4.99 Å². The number of benzene rings is 2. The molecule has 2 rings (SSSR count). The van der Waals surface area contributed by atoms with Crippen LogP contribution in [0.3, 0.4) is 0 Å². The van der Waals surface area contributed by atoms with Gasteiger partial charge in [-0.25, -0.2) is 22.4 Å². The molecule has 0 aliphatic rings. The molecule has 0 spiro atoms. The molecule has 0 amide bonds. The predicted molar refractivity (Wildman–Crippen MR) is 73.6 cm³/mol. The summed E-state index contributed by atoms with van der Waals surface area (Å²) in [7, 11) is 0. The second-order valence-corrected chi connectivity index (χ2v) is 4.81. The molecule has 4 nitrogen and oxygen atoms in total. The van der Waals surface area contributed by atoms with E-state index in [2.05, 4.69) is 4.99 Å². The fraction of sp³-hybridized carbons (Fsp3) is 0.0667. The highest BCUT2D eigenvalue weighted by Gasteiger charge is 2.42. The van der Waals surface area contributed by atoms with Gasteiger partial charge in [-0.05, 0) is 18.2 Å². The molecule has 2 aromatic rings. The Morgan fingerprint density at radius 1 is 1.00 bits per heavy atom. The minimum atomic E-state index is -5.68. The molecule has 2 N–H and O–H groups in total. The summed E-state index contributed by atoms with van der Waals surface area (Å²) in [5.74, 6) is -12.1. The van der Waals surface area contributed by atoms with Crippen molar-refractivity contribution < 1.29 is 45.7 Å². The standard InChI is InChI=1S/C15H6F7NO3/c16-10-6(11(17)13(19)9(12(10)18)15(20,21)22)4-23-7-3-5(14(25)26)1-2-8(7)24/h1-4,24H,(H,25,26). The first kappa shape index (κ1) is 19.2. The van der Waals surface area contributed by atoms with Crippen LogP contribution in [0, 0.1) is 23.3 Å². The van der Waals surface area contributed by atoms with E-state index in [-0.39, 0.29) is 11.8 Å². The zero-order chi connectivity index (χ0) is 19.8. The number of phenols is 1. The van der Waals surface area contributed by atoms with Crippen LogP contribution in [-0.2, 0) is 6.18 Å². The minimum absolute atomic E-state index is 0.123. The van der Waals surface area contributed by atoms with Crippen LogP contribution in [0.2, 0.25) is 0 Å². The Bertz CT molecular complexity index is 893. The van der Waals surface area contributed by atoms with Crippen molar-refractivity contribution in [3.8, 4) is 5.75 Å². The fourth-order valence-electron chi connectivity index (χ4n) is 1.90. The molecule has 2 aromatic carbocycles. The van der Waals surface area contributed by atoms with Crippen LogP contribution >= 0.6 is 0 Å². The number of aliphatic imine (C=N–C) groups is 1. The number of halogens is 7. The summed E-state index contributed by atoms with van der Waals surface area (Å²) in [6.45, 7) is 0. The van der Waals surface area contributed by atoms with Crippen molar-refractivity contribution in [3.63, 3.8) is 0 Å². The summed E-state index contributed by atoms with van der Waals surface area (Å²) >= 11 is 0. The molecule has 0 saturated carbocycles. The highest BCUT2D eigenvalue weighted by Crippen LogP contribution is 2.37. The molecule has 0 aliphatic heterocycles. The van der Waals surface area contributed by atoms with Crippen LogP contribution in [0.4, 0.5) is 36.4 Å². The van der Waals surface area contributed by atoms with E-state index in [0.717, 1.165) is 18.2 Å². The predicted octanol–water partition coefficient (Wildman–Crippen LogP) is 4.42. The van der Waals surface area contributed by atoms with Gasteiger partial charge in [0.1, 0.15) is 17.0 Å². The first-order valence-electron chi connectivity index (χ1n) is 6.48. The van der Waals surface area contributed by atoms with Crippen molar-refractivity contribution in [2.24, 2.45) is 4.99 Å². The van der Waals surface area contributed by atoms with Crippen molar-refractivity contribution in [1.29, 1.82) is 0 Å². The second kappa shape index (κ2) is 6.65. The molecule has 0 radical (unpaired) electrons. The summed E-state index contributed by atoms with van der Waals surface area (Å²) < 4.78 is 91.9. The molecule has 0 bridgehead atoms. The Morgan fingerprint density at radius 3 is 2.00 bits per heavy atom. The minimum Gasteiger partial charge on any atom is -0.506 e. The number of carbonyl (C=O) groups is 1. The summed E-state index contributed by atoms with van der Waals surface area (Å²) in [6.07, 6.45) is -5.56. The molecule has 0 atom stereocenters. The third kappa shape index (κ3) is 3.46. The molecule has 0 aromatic heterocycles. The molecule has 0 aliphatic carbocycles. The first-order valence-corrected chi connectivity index (χ1v) is 6.48. The van der Waals surface area contributed by atoms with Gasteiger partial charge in [-0.2, -0.15) is 13.2 Å². The number of nitrogens with zero attached hydrogens (tertiary/aromatic N) is 1. The SMILES string of the molecule is O=C(O)c1ccc(O)c(N=Cc2c(F)c(F)c(C(F)(F)F)c(F)c2F)c1. The maximum absolute atomic E-state index is 13.7. The average Bonchev–Trinajstić information content (AvgIpc) is 2.53. The number of rotatable bonds is 3. The lowest BCUT2D eigenvalue weighted by atomic mass is 10.1. The van der Waals surface area contributed by atoms with Gasteiger partial charge in [-0.1, -0.05) is 0 Å². The van der Waals surface area contributed by atoms with E-state index in [1.165, 1.54) is 0 Å².